The van der Waals surface area contributed by atoms with Crippen LogP contribution in [0, 0.1) is 5.92 Å². The summed E-state index contributed by atoms with van der Waals surface area (Å²) in [5.74, 6) is 0.333. The van der Waals surface area contributed by atoms with E-state index in [1.807, 2.05) is 0 Å². The molecule has 0 aliphatic rings. The van der Waals surface area contributed by atoms with Crippen molar-refractivity contribution in [1.82, 2.24) is 0 Å². The summed E-state index contributed by atoms with van der Waals surface area (Å²) in [5.41, 5.74) is 0. The van der Waals surface area contributed by atoms with Crippen molar-refractivity contribution in [3.8, 4) is 0 Å². The van der Waals surface area contributed by atoms with E-state index in [0.717, 1.165) is 63.1 Å². The number of rotatable bonds is 13. The maximum atomic E-state index is 12.1. The number of carbonyl (C=O) groups is 2. The third kappa shape index (κ3) is 10.7. The number of azo groups is 1. The van der Waals surface area contributed by atoms with E-state index >= 15 is 0 Å². The summed E-state index contributed by atoms with van der Waals surface area (Å²) < 4.78 is 10.9. The van der Waals surface area contributed by atoms with Crippen LogP contribution in [0.25, 0.3) is 0 Å². The van der Waals surface area contributed by atoms with Gasteiger partial charge >= 0.3 is 12.2 Å². The molecule has 0 aliphatic carbocycles. The van der Waals surface area contributed by atoms with E-state index in [4.69, 9.17) is 9.16 Å². The van der Waals surface area contributed by atoms with Gasteiger partial charge in [-0.3, -0.25) is 0 Å². The first-order chi connectivity index (χ1) is 12.5. The zero-order valence-corrected chi connectivity index (χ0v) is 18.4. The molecular weight excluding hydrogens is 348 g/mol. The average Bonchev–Trinajstić information content (AvgIpc) is 2.61. The van der Waals surface area contributed by atoms with Crippen molar-refractivity contribution in [2.45, 2.75) is 97.7 Å². The molecule has 0 spiro atoms. The number of hydrogen-bond donors (Lipinski definition) is 0. The van der Waals surface area contributed by atoms with Crippen molar-refractivity contribution < 1.29 is 18.8 Å². The van der Waals surface area contributed by atoms with Gasteiger partial charge in [0.05, 0.1) is 6.61 Å². The Morgan fingerprint density at radius 3 is 1.85 bits per heavy atom. The molecule has 152 valence electrons. The van der Waals surface area contributed by atoms with Gasteiger partial charge in [-0.25, -0.2) is 9.59 Å². The number of hydrogen-bond acceptors (Lipinski definition) is 4. The lowest BCUT2D eigenvalue weighted by atomic mass is 10.0. The average molecular weight is 387 g/mol. The molecule has 0 aromatic carbocycles. The smallest absolute Gasteiger partial charge is 0.452 e. The van der Waals surface area contributed by atoms with Gasteiger partial charge in [-0.2, -0.15) is 0 Å². The first kappa shape index (κ1) is 24.8. The number of unbranched alkanes of at least 4 members (excludes halogenated alkanes) is 1. The zero-order valence-electron chi connectivity index (χ0n) is 17.4. The highest BCUT2D eigenvalue weighted by Gasteiger charge is 2.36. The standard InChI is InChI=1S/C19H38N2O4Si/c1-6-11-12-17(10-5)16-24-18(22)20-21-19(23)25-26(13-7-2,14-8-3)15-9-4/h17H,6-16H2,1-5H3/b21-20+. The fraction of sp³-hybridized carbons (Fsp3) is 0.895. The van der Waals surface area contributed by atoms with Crippen LogP contribution >= 0.6 is 0 Å². The highest BCUT2D eigenvalue weighted by atomic mass is 28.4. The molecular formula is C19H38N2O4Si. The second-order valence-electron chi connectivity index (χ2n) is 6.99. The number of carbonyl (C=O) groups excluding carboxylic acids is 2. The van der Waals surface area contributed by atoms with Crippen LogP contribution in [0.5, 0.6) is 0 Å². The molecule has 0 N–H and O–H groups in total. The third-order valence-corrected chi connectivity index (χ3v) is 9.46. The van der Waals surface area contributed by atoms with Gasteiger partial charge in [0.1, 0.15) is 0 Å². The lowest BCUT2D eigenvalue weighted by Gasteiger charge is -2.29. The monoisotopic (exact) mass is 386 g/mol. The fourth-order valence-corrected chi connectivity index (χ4v) is 7.50. The lowest BCUT2D eigenvalue weighted by Crippen LogP contribution is -2.39. The van der Waals surface area contributed by atoms with Gasteiger partial charge in [-0.15, -0.1) is 0 Å². The largest absolute Gasteiger partial charge is 0.501 e. The predicted octanol–water partition coefficient (Wildman–Crippen LogP) is 7.10. The normalized spacial score (nSPS) is 13.0. The Hall–Kier alpha value is -1.24. The molecule has 26 heavy (non-hydrogen) atoms. The molecule has 1 atom stereocenters. The third-order valence-electron chi connectivity index (χ3n) is 4.62. The quantitative estimate of drug-likeness (QED) is 0.250. The molecule has 0 saturated carbocycles. The van der Waals surface area contributed by atoms with E-state index < -0.39 is 20.5 Å². The van der Waals surface area contributed by atoms with Crippen molar-refractivity contribution >= 4 is 20.5 Å². The van der Waals surface area contributed by atoms with E-state index in [2.05, 4.69) is 44.8 Å². The molecule has 6 nitrogen and oxygen atoms in total. The Balaban J connectivity index is 4.58. The van der Waals surface area contributed by atoms with Crippen molar-refractivity contribution in [3.05, 3.63) is 0 Å². The maximum absolute atomic E-state index is 12.1. The highest BCUT2D eigenvalue weighted by molar-refractivity contribution is 6.75. The van der Waals surface area contributed by atoms with Crippen LogP contribution < -0.4 is 0 Å². The Kier molecular flexibility index (Phi) is 14.2. The van der Waals surface area contributed by atoms with Gasteiger partial charge in [0.25, 0.3) is 8.32 Å². The first-order valence-corrected chi connectivity index (χ1v) is 12.8. The SMILES string of the molecule is CCCCC(CC)COC(=O)/N=N/C(=O)O[Si](CCC)(CCC)CCC. The minimum Gasteiger partial charge on any atom is -0.501 e. The minimum atomic E-state index is -2.14. The summed E-state index contributed by atoms with van der Waals surface area (Å²) in [5, 5.41) is 6.83. The van der Waals surface area contributed by atoms with Gasteiger partial charge in [0.15, 0.2) is 0 Å². The maximum Gasteiger partial charge on any atom is 0.452 e. The van der Waals surface area contributed by atoms with Crippen LogP contribution in [0.15, 0.2) is 10.2 Å². The van der Waals surface area contributed by atoms with E-state index in [1.165, 1.54) is 0 Å². The summed E-state index contributed by atoms with van der Waals surface area (Å²) in [7, 11) is -2.14. The van der Waals surface area contributed by atoms with Gasteiger partial charge in [-0.05, 0) is 30.5 Å². The summed E-state index contributed by atoms with van der Waals surface area (Å²) in [4.78, 5) is 23.8. The highest BCUT2D eigenvalue weighted by Crippen LogP contribution is 2.28. The predicted molar refractivity (Wildman–Crippen MR) is 107 cm³/mol. The van der Waals surface area contributed by atoms with Gasteiger partial charge in [0.2, 0.25) is 0 Å². The summed E-state index contributed by atoms with van der Waals surface area (Å²) in [6.07, 6.45) is 5.59. The lowest BCUT2D eigenvalue weighted by molar-refractivity contribution is 0.130. The molecule has 7 heteroatoms. The molecule has 0 aromatic rings. The second kappa shape index (κ2) is 14.9. The summed E-state index contributed by atoms with van der Waals surface area (Å²) in [6, 6.07) is 2.78. The number of nitrogens with zero attached hydrogens (tertiary/aromatic N) is 2. The molecule has 1 unspecified atom stereocenters. The van der Waals surface area contributed by atoms with E-state index in [-0.39, 0.29) is 0 Å². The number of ether oxygens (including phenoxy) is 1. The summed E-state index contributed by atoms with van der Waals surface area (Å²) in [6.45, 7) is 10.8. The van der Waals surface area contributed by atoms with E-state index in [0.29, 0.717) is 12.5 Å². The molecule has 2 amide bonds. The Morgan fingerprint density at radius 2 is 1.38 bits per heavy atom. The van der Waals surface area contributed by atoms with E-state index in [9.17, 15) is 9.59 Å². The molecule has 0 aliphatic heterocycles. The fourth-order valence-electron chi connectivity index (χ4n) is 3.30. The van der Waals surface area contributed by atoms with Crippen LogP contribution in [0.3, 0.4) is 0 Å². The minimum absolute atomic E-state index is 0.323. The van der Waals surface area contributed by atoms with E-state index in [1.54, 1.807) is 0 Å². The molecule has 0 aromatic heterocycles. The van der Waals surface area contributed by atoms with Crippen LogP contribution in [0.4, 0.5) is 9.59 Å². The van der Waals surface area contributed by atoms with Crippen LogP contribution in [0.1, 0.15) is 79.6 Å². The van der Waals surface area contributed by atoms with Crippen molar-refractivity contribution in [2.75, 3.05) is 6.61 Å². The molecule has 0 heterocycles. The molecule has 0 bridgehead atoms. The van der Waals surface area contributed by atoms with Crippen LogP contribution in [-0.4, -0.2) is 27.1 Å². The molecule has 0 radical (unpaired) electrons. The molecule has 0 saturated heterocycles. The van der Waals surface area contributed by atoms with Crippen LogP contribution in [0.2, 0.25) is 18.1 Å². The number of amides is 2. The second-order valence-corrected chi connectivity index (χ2v) is 11.1. The van der Waals surface area contributed by atoms with Crippen molar-refractivity contribution in [3.63, 3.8) is 0 Å². The van der Waals surface area contributed by atoms with Crippen molar-refractivity contribution in [1.29, 1.82) is 0 Å². The Labute approximate surface area is 160 Å². The Morgan fingerprint density at radius 1 is 0.846 bits per heavy atom. The topological polar surface area (TPSA) is 77.3 Å². The van der Waals surface area contributed by atoms with Crippen LogP contribution in [-0.2, 0) is 9.16 Å². The van der Waals surface area contributed by atoms with Gasteiger partial charge in [-0.1, -0.05) is 83.4 Å². The summed E-state index contributed by atoms with van der Waals surface area (Å²) >= 11 is 0. The molecule has 0 fully saturated rings. The van der Waals surface area contributed by atoms with Crippen molar-refractivity contribution in [2.24, 2.45) is 16.1 Å². The van der Waals surface area contributed by atoms with Gasteiger partial charge in [0, 0.05) is 0 Å². The molecule has 0 rings (SSSR count). The first-order valence-electron chi connectivity index (χ1n) is 10.3. The Bertz CT molecular complexity index is 413. The zero-order chi connectivity index (χ0) is 19.8. The van der Waals surface area contributed by atoms with Gasteiger partial charge < -0.3 is 9.16 Å².